The van der Waals surface area contributed by atoms with Crippen LogP contribution in [0.4, 0.5) is 0 Å². The van der Waals surface area contributed by atoms with Gasteiger partial charge in [-0.25, -0.2) is 0 Å². The Labute approximate surface area is 71.1 Å². The summed E-state index contributed by atoms with van der Waals surface area (Å²) < 4.78 is 2.01. The van der Waals surface area contributed by atoms with Crippen LogP contribution in [0.25, 0.3) is 5.52 Å². The normalized spacial score (nSPS) is 10.8. The van der Waals surface area contributed by atoms with Gasteiger partial charge in [0.05, 0.1) is 6.61 Å². The first-order valence-corrected chi connectivity index (χ1v) is 3.99. The molecule has 2 heteroatoms. The van der Waals surface area contributed by atoms with Crippen molar-refractivity contribution in [2.75, 3.05) is 0 Å². The second-order valence-electron chi connectivity index (χ2n) is 2.93. The largest absolute Gasteiger partial charge is 0.390 e. The zero-order chi connectivity index (χ0) is 8.55. The van der Waals surface area contributed by atoms with Gasteiger partial charge in [0.15, 0.2) is 0 Å². The van der Waals surface area contributed by atoms with Crippen molar-refractivity contribution in [2.45, 2.75) is 13.5 Å². The number of pyridine rings is 1. The quantitative estimate of drug-likeness (QED) is 0.677. The van der Waals surface area contributed by atoms with Crippen molar-refractivity contribution in [2.24, 2.45) is 0 Å². The second-order valence-corrected chi connectivity index (χ2v) is 2.93. The SMILES string of the molecule is Cc1ccc(CO)n2cccc12. The number of fused-ring (bicyclic) bond motifs is 1. The number of hydrogen-bond acceptors (Lipinski definition) is 1. The van der Waals surface area contributed by atoms with Crippen LogP contribution in [0, 0.1) is 6.92 Å². The van der Waals surface area contributed by atoms with Gasteiger partial charge in [0.1, 0.15) is 0 Å². The first-order chi connectivity index (χ1) is 5.83. The van der Waals surface area contributed by atoms with E-state index < -0.39 is 0 Å². The van der Waals surface area contributed by atoms with Crippen molar-refractivity contribution in [1.82, 2.24) is 4.40 Å². The van der Waals surface area contributed by atoms with Crippen LogP contribution < -0.4 is 0 Å². The Morgan fingerprint density at radius 2 is 2.17 bits per heavy atom. The van der Waals surface area contributed by atoms with Crippen molar-refractivity contribution >= 4 is 5.52 Å². The Bertz CT molecular complexity index is 403. The van der Waals surface area contributed by atoms with E-state index in [0.717, 1.165) is 5.69 Å². The van der Waals surface area contributed by atoms with E-state index in [9.17, 15) is 0 Å². The van der Waals surface area contributed by atoms with E-state index in [1.807, 2.05) is 28.8 Å². The van der Waals surface area contributed by atoms with Gasteiger partial charge in [0.2, 0.25) is 0 Å². The van der Waals surface area contributed by atoms with E-state index in [0.29, 0.717) is 0 Å². The molecule has 0 aromatic carbocycles. The van der Waals surface area contributed by atoms with Gasteiger partial charge < -0.3 is 9.51 Å². The zero-order valence-electron chi connectivity index (χ0n) is 6.99. The maximum Gasteiger partial charge on any atom is 0.0836 e. The topological polar surface area (TPSA) is 24.6 Å². The minimum absolute atomic E-state index is 0.0887. The van der Waals surface area contributed by atoms with Crippen LogP contribution in [-0.4, -0.2) is 9.51 Å². The summed E-state index contributed by atoms with van der Waals surface area (Å²) in [5.41, 5.74) is 3.33. The fraction of sp³-hybridized carbons (Fsp3) is 0.200. The van der Waals surface area contributed by atoms with Gasteiger partial charge in [-0.2, -0.15) is 0 Å². The van der Waals surface area contributed by atoms with Gasteiger partial charge >= 0.3 is 0 Å². The number of aromatic nitrogens is 1. The second kappa shape index (κ2) is 2.64. The lowest BCUT2D eigenvalue weighted by atomic mass is 10.2. The summed E-state index contributed by atoms with van der Waals surface area (Å²) in [6, 6.07) is 8.01. The lowest BCUT2D eigenvalue weighted by Crippen LogP contribution is -1.95. The molecule has 1 N–H and O–H groups in total. The zero-order valence-corrected chi connectivity index (χ0v) is 6.99. The Kier molecular flexibility index (Phi) is 1.62. The number of aliphatic hydroxyl groups excluding tert-OH is 1. The highest BCUT2D eigenvalue weighted by Gasteiger charge is 1.99. The smallest absolute Gasteiger partial charge is 0.0836 e. The minimum Gasteiger partial charge on any atom is -0.390 e. The van der Waals surface area contributed by atoms with E-state index in [1.165, 1.54) is 11.1 Å². The highest BCUT2D eigenvalue weighted by atomic mass is 16.3. The molecule has 0 radical (unpaired) electrons. The first-order valence-electron chi connectivity index (χ1n) is 3.99. The molecule has 12 heavy (non-hydrogen) atoms. The van der Waals surface area contributed by atoms with Gasteiger partial charge in [-0.15, -0.1) is 0 Å². The lowest BCUT2D eigenvalue weighted by molar-refractivity contribution is 0.275. The monoisotopic (exact) mass is 161 g/mol. The third kappa shape index (κ3) is 0.924. The summed E-state index contributed by atoms with van der Waals surface area (Å²) in [6.07, 6.45) is 1.97. The number of aliphatic hydroxyl groups is 1. The molecule has 0 saturated heterocycles. The molecule has 0 aliphatic carbocycles. The van der Waals surface area contributed by atoms with Crippen LogP contribution in [-0.2, 0) is 6.61 Å². The van der Waals surface area contributed by atoms with Crippen molar-refractivity contribution in [3.8, 4) is 0 Å². The average Bonchev–Trinajstić information content (AvgIpc) is 2.54. The van der Waals surface area contributed by atoms with Gasteiger partial charge in [-0.1, -0.05) is 6.07 Å². The van der Waals surface area contributed by atoms with Crippen LogP contribution in [0.3, 0.4) is 0 Å². The maximum absolute atomic E-state index is 9.02. The molecule has 0 atom stereocenters. The predicted octanol–water partition coefficient (Wildman–Crippen LogP) is 1.74. The molecule has 2 aromatic heterocycles. The van der Waals surface area contributed by atoms with E-state index in [-0.39, 0.29) is 6.61 Å². The molecule has 62 valence electrons. The molecule has 2 heterocycles. The van der Waals surface area contributed by atoms with Gasteiger partial charge in [-0.05, 0) is 30.7 Å². The maximum atomic E-state index is 9.02. The lowest BCUT2D eigenvalue weighted by Gasteiger charge is -2.04. The van der Waals surface area contributed by atoms with Crippen LogP contribution in [0.15, 0.2) is 30.5 Å². The Morgan fingerprint density at radius 1 is 1.33 bits per heavy atom. The number of nitrogens with zero attached hydrogens (tertiary/aromatic N) is 1. The predicted molar refractivity (Wildman–Crippen MR) is 48.1 cm³/mol. The van der Waals surface area contributed by atoms with Crippen LogP contribution >= 0.6 is 0 Å². The fourth-order valence-electron chi connectivity index (χ4n) is 1.47. The minimum atomic E-state index is 0.0887. The third-order valence-electron chi connectivity index (χ3n) is 2.15. The summed E-state index contributed by atoms with van der Waals surface area (Å²) in [7, 11) is 0. The van der Waals surface area contributed by atoms with E-state index in [1.54, 1.807) is 0 Å². The average molecular weight is 161 g/mol. The standard InChI is InChI=1S/C10H11NO/c1-8-4-5-9(7-12)11-6-2-3-10(8)11/h2-6,12H,7H2,1H3. The molecule has 0 bridgehead atoms. The van der Waals surface area contributed by atoms with E-state index in [4.69, 9.17) is 5.11 Å². The van der Waals surface area contributed by atoms with Crippen molar-refractivity contribution < 1.29 is 5.11 Å². The summed E-state index contributed by atoms with van der Waals surface area (Å²) in [5.74, 6) is 0. The Hall–Kier alpha value is -1.28. The summed E-state index contributed by atoms with van der Waals surface area (Å²) in [4.78, 5) is 0. The van der Waals surface area contributed by atoms with Crippen LogP contribution in [0.5, 0.6) is 0 Å². The molecule has 0 aliphatic heterocycles. The van der Waals surface area contributed by atoms with Crippen molar-refractivity contribution in [3.05, 3.63) is 41.7 Å². The van der Waals surface area contributed by atoms with Crippen LogP contribution in [0.2, 0.25) is 0 Å². The molecule has 0 aliphatic rings. The molecule has 0 fully saturated rings. The van der Waals surface area contributed by atoms with Gasteiger partial charge in [-0.3, -0.25) is 0 Å². The molecule has 2 rings (SSSR count). The van der Waals surface area contributed by atoms with Crippen molar-refractivity contribution in [3.63, 3.8) is 0 Å². The fourth-order valence-corrected chi connectivity index (χ4v) is 1.47. The Balaban J connectivity index is 2.82. The van der Waals surface area contributed by atoms with Gasteiger partial charge in [0, 0.05) is 17.4 Å². The molecular weight excluding hydrogens is 150 g/mol. The van der Waals surface area contributed by atoms with Crippen LogP contribution in [0.1, 0.15) is 11.3 Å². The number of rotatable bonds is 1. The molecule has 2 nitrogen and oxygen atoms in total. The van der Waals surface area contributed by atoms with E-state index in [2.05, 4.69) is 13.0 Å². The highest BCUT2D eigenvalue weighted by molar-refractivity contribution is 5.55. The number of hydrogen-bond donors (Lipinski definition) is 1. The number of aryl methyl sites for hydroxylation is 1. The molecular formula is C10H11NO. The molecule has 0 unspecified atom stereocenters. The third-order valence-corrected chi connectivity index (χ3v) is 2.15. The van der Waals surface area contributed by atoms with E-state index >= 15 is 0 Å². The first kappa shape index (κ1) is 7.37. The van der Waals surface area contributed by atoms with Gasteiger partial charge in [0.25, 0.3) is 0 Å². The molecule has 2 aromatic rings. The van der Waals surface area contributed by atoms with Crippen molar-refractivity contribution in [1.29, 1.82) is 0 Å². The summed E-state index contributed by atoms with van der Waals surface area (Å²) >= 11 is 0. The molecule has 0 saturated carbocycles. The molecule has 0 spiro atoms. The molecule has 0 amide bonds. The summed E-state index contributed by atoms with van der Waals surface area (Å²) in [6.45, 7) is 2.15. The summed E-state index contributed by atoms with van der Waals surface area (Å²) in [5, 5.41) is 9.02. The Morgan fingerprint density at radius 3 is 2.92 bits per heavy atom. The highest BCUT2D eigenvalue weighted by Crippen LogP contribution is 2.13.